The van der Waals surface area contributed by atoms with E-state index < -0.39 is 15.7 Å². The predicted molar refractivity (Wildman–Crippen MR) is 67.1 cm³/mol. The second kappa shape index (κ2) is 6.17. The smallest absolute Gasteiger partial charge is 0.217 e. The van der Waals surface area contributed by atoms with Crippen LogP contribution in [0.2, 0.25) is 0 Å². The first kappa shape index (κ1) is 14.2. The van der Waals surface area contributed by atoms with Crippen LogP contribution in [0.3, 0.4) is 0 Å². The van der Waals surface area contributed by atoms with E-state index in [0.717, 1.165) is 0 Å². The molecule has 0 bridgehead atoms. The van der Waals surface area contributed by atoms with E-state index in [4.69, 9.17) is 11.0 Å². The molecule has 1 rings (SSSR count). The Morgan fingerprint density at radius 1 is 1.28 bits per heavy atom. The van der Waals surface area contributed by atoms with E-state index >= 15 is 0 Å². The van der Waals surface area contributed by atoms with Crippen LogP contribution >= 0.6 is 0 Å². The largest absolute Gasteiger partial charge is 0.370 e. The molecule has 18 heavy (non-hydrogen) atoms. The van der Waals surface area contributed by atoms with Crippen LogP contribution in [0, 0.1) is 11.3 Å². The maximum absolute atomic E-state index is 11.7. The van der Waals surface area contributed by atoms with Crippen molar-refractivity contribution in [2.75, 3.05) is 5.75 Å². The third kappa shape index (κ3) is 4.97. The van der Waals surface area contributed by atoms with Crippen LogP contribution in [0.4, 0.5) is 0 Å². The van der Waals surface area contributed by atoms with Gasteiger partial charge < -0.3 is 5.73 Å². The molecule has 2 N–H and O–H groups in total. The SMILES string of the molecule is N#Cc1ccc(CS(=O)(=O)CCCC(N)=O)cc1. The number of nitrogens with zero attached hydrogens (tertiary/aromatic N) is 1. The van der Waals surface area contributed by atoms with Crippen LogP contribution in [-0.4, -0.2) is 20.1 Å². The Kier molecular flexibility index (Phi) is 4.86. The molecule has 0 aromatic heterocycles. The maximum atomic E-state index is 11.7. The fraction of sp³-hybridized carbons (Fsp3) is 0.333. The number of carbonyl (C=O) groups excluding carboxylic acids is 1. The fourth-order valence-electron chi connectivity index (χ4n) is 1.47. The van der Waals surface area contributed by atoms with E-state index in [1.165, 1.54) is 0 Å². The van der Waals surface area contributed by atoms with Gasteiger partial charge in [0.15, 0.2) is 9.84 Å². The van der Waals surface area contributed by atoms with Gasteiger partial charge in [-0.1, -0.05) is 12.1 Å². The Hall–Kier alpha value is -1.87. The highest BCUT2D eigenvalue weighted by molar-refractivity contribution is 7.90. The van der Waals surface area contributed by atoms with Crippen LogP contribution in [0.25, 0.3) is 0 Å². The number of sulfone groups is 1. The molecule has 0 heterocycles. The average molecular weight is 266 g/mol. The van der Waals surface area contributed by atoms with Crippen molar-refractivity contribution in [2.45, 2.75) is 18.6 Å². The highest BCUT2D eigenvalue weighted by Crippen LogP contribution is 2.09. The maximum Gasteiger partial charge on any atom is 0.217 e. The van der Waals surface area contributed by atoms with Crippen molar-refractivity contribution in [3.05, 3.63) is 35.4 Å². The molecule has 0 saturated heterocycles. The number of amides is 1. The van der Waals surface area contributed by atoms with E-state index in [1.807, 2.05) is 6.07 Å². The Labute approximate surface area is 106 Å². The summed E-state index contributed by atoms with van der Waals surface area (Å²) in [5.74, 6) is -0.642. The number of nitriles is 1. The minimum atomic E-state index is -3.24. The first-order valence-corrected chi connectivity index (χ1v) is 7.23. The molecular formula is C12H14N2O3S. The summed E-state index contributed by atoms with van der Waals surface area (Å²) < 4.78 is 23.4. The number of primary amides is 1. The van der Waals surface area contributed by atoms with E-state index in [9.17, 15) is 13.2 Å². The summed E-state index contributed by atoms with van der Waals surface area (Å²) >= 11 is 0. The lowest BCUT2D eigenvalue weighted by atomic mass is 10.2. The number of hydrogen-bond acceptors (Lipinski definition) is 4. The summed E-state index contributed by atoms with van der Waals surface area (Å²) in [5, 5.41) is 8.62. The third-order valence-electron chi connectivity index (χ3n) is 2.35. The molecule has 0 atom stereocenters. The molecular weight excluding hydrogens is 252 g/mol. The standard InChI is InChI=1S/C12H14N2O3S/c13-8-10-3-5-11(6-4-10)9-18(16,17)7-1-2-12(14)15/h3-6H,1-2,7,9H2,(H2,14,15). The quantitative estimate of drug-likeness (QED) is 0.820. The van der Waals surface area contributed by atoms with Crippen molar-refractivity contribution in [1.82, 2.24) is 0 Å². The zero-order valence-electron chi connectivity index (χ0n) is 9.80. The highest BCUT2D eigenvalue weighted by atomic mass is 32.2. The summed E-state index contributed by atoms with van der Waals surface area (Å²) in [5.41, 5.74) is 6.07. The minimum absolute atomic E-state index is 0.0596. The Morgan fingerprint density at radius 2 is 1.89 bits per heavy atom. The molecule has 0 aliphatic carbocycles. The molecule has 1 aromatic rings. The number of nitrogens with two attached hydrogens (primary N) is 1. The summed E-state index contributed by atoms with van der Waals surface area (Å²) in [7, 11) is -3.24. The van der Waals surface area contributed by atoms with Gasteiger partial charge >= 0.3 is 0 Å². The topological polar surface area (TPSA) is 101 Å². The molecule has 0 radical (unpaired) electrons. The third-order valence-corrected chi connectivity index (χ3v) is 4.03. The monoisotopic (exact) mass is 266 g/mol. The van der Waals surface area contributed by atoms with Crippen molar-refractivity contribution in [2.24, 2.45) is 5.73 Å². The van der Waals surface area contributed by atoms with Gasteiger partial charge in [-0.05, 0) is 24.1 Å². The molecule has 0 aliphatic rings. The van der Waals surface area contributed by atoms with Crippen molar-refractivity contribution in [3.63, 3.8) is 0 Å². The minimum Gasteiger partial charge on any atom is -0.370 e. The average Bonchev–Trinajstić information content (AvgIpc) is 2.28. The lowest BCUT2D eigenvalue weighted by Crippen LogP contribution is -2.14. The molecule has 1 aromatic carbocycles. The molecule has 0 saturated carbocycles. The van der Waals surface area contributed by atoms with Crippen LogP contribution in [-0.2, 0) is 20.4 Å². The molecule has 0 aliphatic heterocycles. The van der Waals surface area contributed by atoms with Gasteiger partial charge in [-0.15, -0.1) is 0 Å². The molecule has 1 amide bonds. The fourth-order valence-corrected chi connectivity index (χ4v) is 2.90. The normalized spacial score (nSPS) is 10.8. The van der Waals surface area contributed by atoms with Gasteiger partial charge in [0.05, 0.1) is 23.1 Å². The zero-order chi connectivity index (χ0) is 13.6. The van der Waals surface area contributed by atoms with Crippen molar-refractivity contribution in [3.8, 4) is 6.07 Å². The number of rotatable bonds is 6. The summed E-state index contributed by atoms with van der Waals surface area (Å²) in [4.78, 5) is 10.5. The number of carbonyl (C=O) groups is 1. The van der Waals surface area contributed by atoms with Crippen LogP contribution in [0.15, 0.2) is 24.3 Å². The van der Waals surface area contributed by atoms with Crippen LogP contribution in [0.1, 0.15) is 24.0 Å². The van der Waals surface area contributed by atoms with Crippen LogP contribution in [0.5, 0.6) is 0 Å². The predicted octanol–water partition coefficient (Wildman–Crippen LogP) is 0.739. The van der Waals surface area contributed by atoms with E-state index in [-0.39, 0.29) is 24.3 Å². The van der Waals surface area contributed by atoms with Gasteiger partial charge in [0.25, 0.3) is 0 Å². The molecule has 0 unspecified atom stereocenters. The summed E-state index contributed by atoms with van der Waals surface area (Å²) in [6.07, 6.45) is 0.320. The van der Waals surface area contributed by atoms with Gasteiger partial charge in [-0.25, -0.2) is 8.42 Å². The zero-order valence-corrected chi connectivity index (χ0v) is 10.6. The molecule has 5 nitrogen and oxygen atoms in total. The lowest BCUT2D eigenvalue weighted by Gasteiger charge is -2.03. The van der Waals surface area contributed by atoms with Gasteiger partial charge in [0.2, 0.25) is 5.91 Å². The van der Waals surface area contributed by atoms with E-state index in [1.54, 1.807) is 24.3 Å². The van der Waals surface area contributed by atoms with E-state index in [2.05, 4.69) is 0 Å². The second-order valence-corrected chi connectivity index (χ2v) is 6.15. The van der Waals surface area contributed by atoms with Crippen molar-refractivity contribution >= 4 is 15.7 Å². The number of benzene rings is 1. The Balaban J connectivity index is 2.59. The van der Waals surface area contributed by atoms with Crippen molar-refractivity contribution < 1.29 is 13.2 Å². The molecule has 96 valence electrons. The molecule has 6 heteroatoms. The molecule has 0 spiro atoms. The Bertz CT molecular complexity index is 556. The Morgan fingerprint density at radius 3 is 2.39 bits per heavy atom. The highest BCUT2D eigenvalue weighted by Gasteiger charge is 2.12. The molecule has 0 fully saturated rings. The van der Waals surface area contributed by atoms with Gasteiger partial charge in [0, 0.05) is 6.42 Å². The first-order valence-electron chi connectivity index (χ1n) is 5.41. The lowest BCUT2D eigenvalue weighted by molar-refractivity contribution is -0.118. The van der Waals surface area contributed by atoms with Gasteiger partial charge in [0.1, 0.15) is 0 Å². The number of hydrogen-bond donors (Lipinski definition) is 1. The van der Waals surface area contributed by atoms with Gasteiger partial charge in [-0.2, -0.15) is 5.26 Å². The summed E-state index contributed by atoms with van der Waals surface area (Å²) in [6, 6.07) is 8.35. The van der Waals surface area contributed by atoms with Crippen LogP contribution < -0.4 is 5.73 Å². The first-order chi connectivity index (χ1) is 8.43. The van der Waals surface area contributed by atoms with Crippen molar-refractivity contribution in [1.29, 1.82) is 5.26 Å². The second-order valence-electron chi connectivity index (χ2n) is 3.97. The van der Waals surface area contributed by atoms with E-state index in [0.29, 0.717) is 11.1 Å². The van der Waals surface area contributed by atoms with Gasteiger partial charge in [-0.3, -0.25) is 4.79 Å². The summed E-state index contributed by atoms with van der Waals surface area (Å²) in [6.45, 7) is 0.